The number of halogens is 2. The summed E-state index contributed by atoms with van der Waals surface area (Å²) in [6.07, 6.45) is -0.346. The maximum atomic E-state index is 12.3. The molecule has 0 bridgehead atoms. The number of nitrogen functional groups attached to an aromatic ring is 1. The van der Waals surface area contributed by atoms with Crippen LogP contribution in [0.25, 0.3) is 0 Å². The lowest BCUT2D eigenvalue weighted by Gasteiger charge is -2.15. The van der Waals surface area contributed by atoms with Crippen molar-refractivity contribution in [2.24, 2.45) is 0 Å². The zero-order valence-electron chi connectivity index (χ0n) is 16.2. The van der Waals surface area contributed by atoms with Gasteiger partial charge >= 0.3 is 5.97 Å². The molecule has 0 aliphatic heterocycles. The van der Waals surface area contributed by atoms with Gasteiger partial charge in [-0.25, -0.2) is 4.79 Å². The largest absolute Gasteiger partial charge is 0.480 e. The molecule has 0 spiro atoms. The molecule has 2 aromatic carbocycles. The van der Waals surface area contributed by atoms with Crippen molar-refractivity contribution in [3.8, 4) is 0 Å². The fourth-order valence-corrected chi connectivity index (χ4v) is 3.13. The molecule has 31 heavy (non-hydrogen) atoms. The Hall–Kier alpha value is -2.75. The van der Waals surface area contributed by atoms with E-state index in [1.807, 2.05) is 0 Å². The maximum Gasteiger partial charge on any atom is 0.326 e. The number of aliphatic carboxylic acids is 1. The molecule has 0 heterocycles. The SMILES string of the molecule is Nc1cccc(C(=O)NCC(=O)CC[C@H](NC(=O)c2c(Cl)cccc2Cl)C(=O)O)c1.S. The van der Waals surface area contributed by atoms with Gasteiger partial charge in [-0.3, -0.25) is 14.4 Å². The van der Waals surface area contributed by atoms with E-state index in [2.05, 4.69) is 10.6 Å². The van der Waals surface area contributed by atoms with Crippen molar-refractivity contribution in [1.29, 1.82) is 0 Å². The molecule has 1 atom stereocenters. The van der Waals surface area contributed by atoms with Crippen molar-refractivity contribution in [2.45, 2.75) is 18.9 Å². The highest BCUT2D eigenvalue weighted by Gasteiger charge is 2.24. The monoisotopic (exact) mass is 485 g/mol. The summed E-state index contributed by atoms with van der Waals surface area (Å²) in [5.74, 6) is -2.96. The van der Waals surface area contributed by atoms with Gasteiger partial charge in [-0.15, -0.1) is 0 Å². The molecule has 0 aliphatic rings. The molecule has 2 rings (SSSR count). The van der Waals surface area contributed by atoms with Crippen molar-refractivity contribution in [3.63, 3.8) is 0 Å². The number of carbonyl (C=O) groups excluding carboxylic acids is 3. The molecule has 0 radical (unpaired) electrons. The van der Waals surface area contributed by atoms with Crippen LogP contribution in [0.5, 0.6) is 0 Å². The summed E-state index contributed by atoms with van der Waals surface area (Å²) in [5.41, 5.74) is 6.27. The Morgan fingerprint density at radius 2 is 1.61 bits per heavy atom. The number of carboxylic acids is 1. The molecule has 0 fully saturated rings. The third-order valence-corrected chi connectivity index (χ3v) is 4.73. The summed E-state index contributed by atoms with van der Waals surface area (Å²) in [6.45, 7) is -0.287. The molecule has 2 aromatic rings. The minimum Gasteiger partial charge on any atom is -0.480 e. The minimum atomic E-state index is -1.33. The summed E-state index contributed by atoms with van der Waals surface area (Å²) in [4.78, 5) is 47.9. The number of nitrogens with one attached hydrogen (secondary N) is 2. The van der Waals surface area contributed by atoms with E-state index in [1.54, 1.807) is 24.3 Å². The van der Waals surface area contributed by atoms with Crippen LogP contribution >= 0.6 is 36.7 Å². The standard InChI is InChI=1S/C20H19Cl2N3O5.H2S/c21-14-5-2-6-15(22)17(14)19(28)25-16(20(29)30)8-7-13(26)10-24-18(27)11-3-1-4-12(23)9-11;/h1-6,9,16H,7-8,10,23H2,(H,24,27)(H,25,28)(H,29,30);1H2/t16-;/m0./s1. The number of hydrogen-bond acceptors (Lipinski definition) is 5. The predicted octanol–water partition coefficient (Wildman–Crippen LogP) is 2.65. The van der Waals surface area contributed by atoms with Crippen LogP contribution < -0.4 is 16.4 Å². The number of benzene rings is 2. The van der Waals surface area contributed by atoms with E-state index < -0.39 is 29.6 Å². The van der Waals surface area contributed by atoms with E-state index >= 15 is 0 Å². The van der Waals surface area contributed by atoms with Crippen molar-refractivity contribution >= 4 is 66.0 Å². The highest BCUT2D eigenvalue weighted by Crippen LogP contribution is 2.24. The molecule has 0 aromatic heterocycles. The minimum absolute atomic E-state index is 0. The first kappa shape index (κ1) is 26.3. The number of carbonyl (C=O) groups is 4. The predicted molar refractivity (Wildman–Crippen MR) is 123 cm³/mol. The molecule has 0 unspecified atom stereocenters. The molecule has 0 saturated heterocycles. The Bertz CT molecular complexity index is 967. The zero-order valence-corrected chi connectivity index (χ0v) is 18.7. The lowest BCUT2D eigenvalue weighted by atomic mass is 10.1. The normalized spacial score (nSPS) is 11.0. The van der Waals surface area contributed by atoms with Crippen molar-refractivity contribution in [1.82, 2.24) is 10.6 Å². The summed E-state index contributed by atoms with van der Waals surface area (Å²) in [7, 11) is 0. The zero-order chi connectivity index (χ0) is 22.3. The first-order valence-corrected chi connectivity index (χ1v) is 9.57. The van der Waals surface area contributed by atoms with Gasteiger partial charge in [0.05, 0.1) is 22.2 Å². The summed E-state index contributed by atoms with van der Waals surface area (Å²) < 4.78 is 0. The molecule has 0 saturated carbocycles. The Morgan fingerprint density at radius 1 is 1.00 bits per heavy atom. The molecular formula is C20H21Cl2N3O5S. The second kappa shape index (κ2) is 12.2. The average Bonchev–Trinajstić information content (AvgIpc) is 2.68. The van der Waals surface area contributed by atoms with E-state index in [-0.39, 0.29) is 48.5 Å². The van der Waals surface area contributed by atoms with Crippen LogP contribution in [0.1, 0.15) is 33.6 Å². The van der Waals surface area contributed by atoms with Crippen molar-refractivity contribution in [2.75, 3.05) is 12.3 Å². The number of nitrogens with two attached hydrogens (primary N) is 1. The van der Waals surface area contributed by atoms with Gasteiger partial charge in [-0.2, -0.15) is 13.5 Å². The van der Waals surface area contributed by atoms with Crippen molar-refractivity contribution < 1.29 is 24.3 Å². The Labute approximate surface area is 195 Å². The third kappa shape index (κ3) is 7.78. The van der Waals surface area contributed by atoms with E-state index in [0.717, 1.165) is 0 Å². The van der Waals surface area contributed by atoms with Crippen LogP contribution in [0, 0.1) is 0 Å². The van der Waals surface area contributed by atoms with E-state index in [4.69, 9.17) is 28.9 Å². The van der Waals surface area contributed by atoms with Crippen molar-refractivity contribution in [3.05, 3.63) is 63.6 Å². The van der Waals surface area contributed by atoms with Gasteiger partial charge in [0.25, 0.3) is 11.8 Å². The van der Waals surface area contributed by atoms with E-state index in [1.165, 1.54) is 18.2 Å². The maximum absolute atomic E-state index is 12.3. The van der Waals surface area contributed by atoms with Gasteiger partial charge in [0.1, 0.15) is 6.04 Å². The molecule has 2 amide bonds. The van der Waals surface area contributed by atoms with Crippen LogP contribution in [0.3, 0.4) is 0 Å². The van der Waals surface area contributed by atoms with Gasteiger partial charge in [0.2, 0.25) is 0 Å². The molecule has 5 N–H and O–H groups in total. The second-order valence-electron chi connectivity index (χ2n) is 6.35. The number of amides is 2. The Kier molecular flexibility index (Phi) is 10.3. The first-order valence-electron chi connectivity index (χ1n) is 8.82. The molecule has 11 heteroatoms. The van der Waals surface area contributed by atoms with E-state index in [0.29, 0.717) is 11.3 Å². The smallest absolute Gasteiger partial charge is 0.326 e. The van der Waals surface area contributed by atoms with Gasteiger partial charge in [-0.05, 0) is 36.8 Å². The average molecular weight is 486 g/mol. The van der Waals surface area contributed by atoms with Crippen LogP contribution in [0.15, 0.2) is 42.5 Å². The van der Waals surface area contributed by atoms with Gasteiger partial charge in [0, 0.05) is 17.7 Å². The summed E-state index contributed by atoms with van der Waals surface area (Å²) >= 11 is 11.9. The first-order chi connectivity index (χ1) is 14.2. The summed E-state index contributed by atoms with van der Waals surface area (Å²) in [6, 6.07) is 9.36. The number of anilines is 1. The second-order valence-corrected chi connectivity index (χ2v) is 7.16. The lowest BCUT2D eigenvalue weighted by molar-refractivity contribution is -0.139. The van der Waals surface area contributed by atoms with E-state index in [9.17, 15) is 24.3 Å². The highest BCUT2D eigenvalue weighted by molar-refractivity contribution is 7.59. The number of Topliss-reactive ketones (excluding diaryl/α,β-unsaturated/α-hetero) is 1. The van der Waals surface area contributed by atoms with Gasteiger partial charge in [0.15, 0.2) is 5.78 Å². The lowest BCUT2D eigenvalue weighted by Crippen LogP contribution is -2.41. The summed E-state index contributed by atoms with van der Waals surface area (Å²) in [5, 5.41) is 14.2. The molecule has 166 valence electrons. The third-order valence-electron chi connectivity index (χ3n) is 4.10. The highest BCUT2D eigenvalue weighted by atomic mass is 35.5. The molecular weight excluding hydrogens is 465 g/mol. The molecule has 0 aliphatic carbocycles. The van der Waals surface area contributed by atoms with Gasteiger partial charge < -0.3 is 21.5 Å². The van der Waals surface area contributed by atoms with Crippen LogP contribution in [0.4, 0.5) is 5.69 Å². The Balaban J connectivity index is 0.00000480. The fraction of sp³-hybridized carbons (Fsp3) is 0.200. The number of rotatable bonds is 9. The number of carboxylic acid groups (broad SMARTS) is 1. The van der Waals surface area contributed by atoms with Crippen LogP contribution in [0.2, 0.25) is 10.0 Å². The number of hydrogen-bond donors (Lipinski definition) is 4. The van der Waals surface area contributed by atoms with Crippen LogP contribution in [-0.2, 0) is 9.59 Å². The van der Waals surface area contributed by atoms with Crippen LogP contribution in [-0.4, -0.2) is 41.3 Å². The fourth-order valence-electron chi connectivity index (χ4n) is 2.56. The quantitative estimate of drug-likeness (QED) is 0.402. The van der Waals surface area contributed by atoms with Gasteiger partial charge in [-0.1, -0.05) is 35.3 Å². The number of ketones is 1. The topological polar surface area (TPSA) is 139 Å². The Morgan fingerprint density at radius 3 is 2.19 bits per heavy atom. The molecule has 8 nitrogen and oxygen atoms in total.